The summed E-state index contributed by atoms with van der Waals surface area (Å²) in [5.74, 6) is 0.324. The number of benzene rings is 1. The minimum atomic E-state index is -0.373. The molecule has 0 radical (unpaired) electrons. The SMILES string of the molecule is O=C(N[C@H]1CC[C@@H](CO)C1)OCc1ccccc1. The highest BCUT2D eigenvalue weighted by molar-refractivity contribution is 5.67. The Bertz CT molecular complexity index is 380. The van der Waals surface area contributed by atoms with Gasteiger partial charge in [0.1, 0.15) is 6.61 Å². The summed E-state index contributed by atoms with van der Waals surface area (Å²) in [6.07, 6.45) is 2.37. The van der Waals surface area contributed by atoms with E-state index in [1.54, 1.807) is 0 Å². The summed E-state index contributed by atoms with van der Waals surface area (Å²) < 4.78 is 5.15. The zero-order valence-corrected chi connectivity index (χ0v) is 10.3. The van der Waals surface area contributed by atoms with E-state index in [2.05, 4.69) is 5.32 Å². The number of carbonyl (C=O) groups excluding carboxylic acids is 1. The van der Waals surface area contributed by atoms with Crippen LogP contribution in [0.1, 0.15) is 24.8 Å². The van der Waals surface area contributed by atoms with Crippen LogP contribution in [0.3, 0.4) is 0 Å². The van der Waals surface area contributed by atoms with E-state index in [1.807, 2.05) is 30.3 Å². The van der Waals surface area contributed by atoms with Crippen molar-refractivity contribution in [3.8, 4) is 0 Å². The smallest absolute Gasteiger partial charge is 0.407 e. The van der Waals surface area contributed by atoms with E-state index in [9.17, 15) is 4.79 Å². The summed E-state index contributed by atoms with van der Waals surface area (Å²) in [6, 6.07) is 9.75. The first-order chi connectivity index (χ1) is 8.78. The number of rotatable bonds is 4. The first kappa shape index (κ1) is 12.9. The fraction of sp³-hybridized carbons (Fsp3) is 0.500. The van der Waals surface area contributed by atoms with Crippen molar-refractivity contribution < 1.29 is 14.6 Å². The summed E-state index contributed by atoms with van der Waals surface area (Å²) in [6.45, 7) is 0.500. The third kappa shape index (κ3) is 3.74. The molecule has 2 atom stereocenters. The van der Waals surface area contributed by atoms with Gasteiger partial charge in [-0.25, -0.2) is 4.79 Å². The van der Waals surface area contributed by atoms with Crippen LogP contribution in [0.15, 0.2) is 30.3 Å². The van der Waals surface area contributed by atoms with Gasteiger partial charge in [-0.15, -0.1) is 0 Å². The molecule has 1 aromatic rings. The van der Waals surface area contributed by atoms with Crippen LogP contribution < -0.4 is 5.32 Å². The van der Waals surface area contributed by atoms with Crippen molar-refractivity contribution in [2.75, 3.05) is 6.61 Å². The Labute approximate surface area is 107 Å². The first-order valence-electron chi connectivity index (χ1n) is 6.36. The van der Waals surface area contributed by atoms with Gasteiger partial charge in [0.2, 0.25) is 0 Å². The van der Waals surface area contributed by atoms with Crippen LogP contribution in [0.25, 0.3) is 0 Å². The van der Waals surface area contributed by atoms with E-state index >= 15 is 0 Å². The Balaban J connectivity index is 1.70. The number of hydrogen-bond acceptors (Lipinski definition) is 3. The van der Waals surface area contributed by atoms with E-state index < -0.39 is 0 Å². The molecule has 0 aromatic heterocycles. The van der Waals surface area contributed by atoms with Gasteiger partial charge < -0.3 is 15.2 Å². The van der Waals surface area contributed by atoms with Gasteiger partial charge in [0, 0.05) is 12.6 Å². The molecular formula is C14H19NO3. The number of nitrogens with one attached hydrogen (secondary N) is 1. The maximum atomic E-state index is 11.6. The van der Waals surface area contributed by atoms with Crippen LogP contribution in [-0.4, -0.2) is 23.8 Å². The predicted octanol–water partition coefficient (Wildman–Crippen LogP) is 2.07. The zero-order chi connectivity index (χ0) is 12.8. The van der Waals surface area contributed by atoms with Gasteiger partial charge in [0.15, 0.2) is 0 Å². The van der Waals surface area contributed by atoms with Crippen LogP contribution >= 0.6 is 0 Å². The molecule has 98 valence electrons. The second-order valence-corrected chi connectivity index (χ2v) is 4.76. The lowest BCUT2D eigenvalue weighted by Gasteiger charge is -2.13. The number of aliphatic hydroxyl groups excluding tert-OH is 1. The molecule has 1 amide bonds. The largest absolute Gasteiger partial charge is 0.445 e. The Morgan fingerprint density at radius 2 is 2.11 bits per heavy atom. The predicted molar refractivity (Wildman–Crippen MR) is 68.0 cm³/mol. The average molecular weight is 249 g/mol. The maximum absolute atomic E-state index is 11.6. The molecule has 1 aromatic carbocycles. The minimum absolute atomic E-state index is 0.144. The Hall–Kier alpha value is -1.55. The van der Waals surface area contributed by atoms with Crippen molar-refractivity contribution in [3.05, 3.63) is 35.9 Å². The number of carbonyl (C=O) groups is 1. The molecule has 4 heteroatoms. The van der Waals surface area contributed by atoms with Crippen LogP contribution in [0.2, 0.25) is 0 Å². The average Bonchev–Trinajstić information content (AvgIpc) is 2.85. The van der Waals surface area contributed by atoms with E-state index in [-0.39, 0.29) is 18.7 Å². The van der Waals surface area contributed by atoms with Crippen LogP contribution in [0.5, 0.6) is 0 Å². The van der Waals surface area contributed by atoms with E-state index in [0.717, 1.165) is 24.8 Å². The highest BCUT2D eigenvalue weighted by atomic mass is 16.5. The number of amides is 1. The Morgan fingerprint density at radius 1 is 1.33 bits per heavy atom. The number of alkyl carbamates (subject to hydrolysis) is 1. The van der Waals surface area contributed by atoms with Gasteiger partial charge in [0.25, 0.3) is 0 Å². The fourth-order valence-corrected chi connectivity index (χ4v) is 2.30. The first-order valence-corrected chi connectivity index (χ1v) is 6.36. The van der Waals surface area contributed by atoms with Crippen molar-refractivity contribution in [3.63, 3.8) is 0 Å². The molecule has 1 saturated carbocycles. The van der Waals surface area contributed by atoms with Crippen molar-refractivity contribution in [2.45, 2.75) is 31.9 Å². The van der Waals surface area contributed by atoms with Crippen molar-refractivity contribution in [1.82, 2.24) is 5.32 Å². The highest BCUT2D eigenvalue weighted by Crippen LogP contribution is 2.24. The second kappa shape index (κ2) is 6.40. The van der Waals surface area contributed by atoms with Crippen LogP contribution in [0, 0.1) is 5.92 Å². The summed E-state index contributed by atoms with van der Waals surface area (Å²) >= 11 is 0. The summed E-state index contributed by atoms with van der Waals surface area (Å²) in [7, 11) is 0. The zero-order valence-electron chi connectivity index (χ0n) is 10.3. The summed E-state index contributed by atoms with van der Waals surface area (Å²) in [5.41, 5.74) is 0.979. The molecule has 0 spiro atoms. The van der Waals surface area contributed by atoms with Crippen LogP contribution in [-0.2, 0) is 11.3 Å². The molecule has 0 aliphatic heterocycles. The standard InChI is InChI=1S/C14H19NO3/c16-9-12-6-7-13(8-12)15-14(17)18-10-11-4-2-1-3-5-11/h1-5,12-13,16H,6-10H2,(H,15,17)/t12-,13+/m1/s1. The van der Waals surface area contributed by atoms with Gasteiger partial charge >= 0.3 is 6.09 Å². The molecular weight excluding hydrogens is 230 g/mol. The summed E-state index contributed by atoms with van der Waals surface area (Å²) in [4.78, 5) is 11.6. The third-order valence-electron chi connectivity index (χ3n) is 3.33. The normalized spacial score (nSPS) is 22.7. The molecule has 1 fully saturated rings. The molecule has 0 bridgehead atoms. The monoisotopic (exact) mass is 249 g/mol. The second-order valence-electron chi connectivity index (χ2n) is 4.76. The fourth-order valence-electron chi connectivity index (χ4n) is 2.30. The molecule has 0 saturated heterocycles. The van der Waals surface area contributed by atoms with Crippen molar-refractivity contribution >= 4 is 6.09 Å². The molecule has 2 N–H and O–H groups in total. The van der Waals surface area contributed by atoms with Crippen molar-refractivity contribution in [2.24, 2.45) is 5.92 Å². The topological polar surface area (TPSA) is 58.6 Å². The van der Waals surface area contributed by atoms with Gasteiger partial charge in [-0.1, -0.05) is 30.3 Å². The van der Waals surface area contributed by atoms with Gasteiger partial charge in [-0.05, 0) is 30.7 Å². The van der Waals surface area contributed by atoms with Gasteiger partial charge in [-0.3, -0.25) is 0 Å². The van der Waals surface area contributed by atoms with Gasteiger partial charge in [-0.2, -0.15) is 0 Å². The van der Waals surface area contributed by atoms with Crippen molar-refractivity contribution in [1.29, 1.82) is 0 Å². The Kier molecular flexibility index (Phi) is 4.59. The lowest BCUT2D eigenvalue weighted by molar-refractivity contribution is 0.135. The molecule has 1 aliphatic carbocycles. The molecule has 2 rings (SSSR count). The number of aliphatic hydroxyl groups is 1. The quantitative estimate of drug-likeness (QED) is 0.859. The van der Waals surface area contributed by atoms with E-state index in [1.165, 1.54) is 0 Å². The number of ether oxygens (including phenoxy) is 1. The lowest BCUT2D eigenvalue weighted by atomic mass is 10.1. The van der Waals surface area contributed by atoms with E-state index in [4.69, 9.17) is 9.84 Å². The molecule has 4 nitrogen and oxygen atoms in total. The molecule has 1 aliphatic rings. The molecule has 0 unspecified atom stereocenters. The van der Waals surface area contributed by atoms with Crippen LogP contribution in [0.4, 0.5) is 4.79 Å². The maximum Gasteiger partial charge on any atom is 0.407 e. The molecule has 0 heterocycles. The summed E-state index contributed by atoms with van der Waals surface area (Å²) in [5, 5.41) is 11.9. The van der Waals surface area contributed by atoms with E-state index in [0.29, 0.717) is 12.5 Å². The Morgan fingerprint density at radius 3 is 2.78 bits per heavy atom. The van der Waals surface area contributed by atoms with Gasteiger partial charge in [0.05, 0.1) is 0 Å². The lowest BCUT2D eigenvalue weighted by Crippen LogP contribution is -2.33. The molecule has 18 heavy (non-hydrogen) atoms. The highest BCUT2D eigenvalue weighted by Gasteiger charge is 2.25. The number of hydrogen-bond donors (Lipinski definition) is 2. The minimum Gasteiger partial charge on any atom is -0.445 e. The third-order valence-corrected chi connectivity index (χ3v) is 3.33.